The van der Waals surface area contributed by atoms with Crippen molar-refractivity contribution in [3.63, 3.8) is 0 Å². The second-order valence-electron chi connectivity index (χ2n) is 6.58. The molecule has 1 amide bonds. The molecule has 0 aromatic heterocycles. The third-order valence-corrected chi connectivity index (χ3v) is 4.85. The van der Waals surface area contributed by atoms with Gasteiger partial charge in [0.15, 0.2) is 16.6 Å². The number of benzene rings is 2. The average molecular weight is 412 g/mol. The van der Waals surface area contributed by atoms with Crippen molar-refractivity contribution < 1.29 is 14.3 Å². The lowest BCUT2D eigenvalue weighted by Crippen LogP contribution is -2.46. The summed E-state index contributed by atoms with van der Waals surface area (Å²) in [5.74, 6) is 1.11. The fourth-order valence-corrected chi connectivity index (χ4v) is 3.53. The predicted molar refractivity (Wildman–Crippen MR) is 117 cm³/mol. The lowest BCUT2D eigenvalue weighted by Gasteiger charge is -2.30. The van der Waals surface area contributed by atoms with Crippen LogP contribution in [-0.2, 0) is 11.3 Å². The SMILES string of the molecule is CCOc1cc([C@H]2NC(=S)NC(C)=C2C(=O)NCc2ccccc2)ccc1OC. The van der Waals surface area contributed by atoms with Crippen LogP contribution in [0.25, 0.3) is 0 Å². The second-order valence-corrected chi connectivity index (χ2v) is 6.99. The van der Waals surface area contributed by atoms with E-state index < -0.39 is 6.04 Å². The van der Waals surface area contributed by atoms with Crippen molar-refractivity contribution in [3.05, 3.63) is 70.9 Å². The van der Waals surface area contributed by atoms with Crippen molar-refractivity contribution >= 4 is 23.2 Å². The molecule has 3 rings (SSSR count). The first-order valence-electron chi connectivity index (χ1n) is 9.44. The van der Waals surface area contributed by atoms with E-state index in [1.54, 1.807) is 7.11 Å². The maximum atomic E-state index is 13.1. The van der Waals surface area contributed by atoms with Crippen molar-refractivity contribution in [2.75, 3.05) is 13.7 Å². The van der Waals surface area contributed by atoms with Gasteiger partial charge in [0.05, 0.1) is 25.3 Å². The van der Waals surface area contributed by atoms with Gasteiger partial charge in [-0.2, -0.15) is 0 Å². The smallest absolute Gasteiger partial charge is 0.251 e. The van der Waals surface area contributed by atoms with Gasteiger partial charge in [-0.25, -0.2) is 0 Å². The number of carbonyl (C=O) groups excluding carboxylic acids is 1. The summed E-state index contributed by atoms with van der Waals surface area (Å²) in [5.41, 5.74) is 3.20. The highest BCUT2D eigenvalue weighted by Gasteiger charge is 2.30. The monoisotopic (exact) mass is 411 g/mol. The zero-order chi connectivity index (χ0) is 20.8. The van der Waals surface area contributed by atoms with E-state index in [2.05, 4.69) is 16.0 Å². The number of amides is 1. The molecule has 0 spiro atoms. The summed E-state index contributed by atoms with van der Waals surface area (Å²) in [6.07, 6.45) is 0. The Morgan fingerprint density at radius 3 is 2.62 bits per heavy atom. The normalized spacial score (nSPS) is 16.0. The van der Waals surface area contributed by atoms with Gasteiger partial charge in [-0.05, 0) is 49.3 Å². The second kappa shape index (κ2) is 9.43. The summed E-state index contributed by atoms with van der Waals surface area (Å²) in [7, 11) is 1.60. The molecule has 0 fully saturated rings. The van der Waals surface area contributed by atoms with Crippen LogP contribution >= 0.6 is 12.2 Å². The van der Waals surface area contributed by atoms with Gasteiger partial charge in [0, 0.05) is 12.2 Å². The Hall–Kier alpha value is -3.06. The molecule has 2 aromatic carbocycles. The molecule has 1 aliphatic rings. The highest BCUT2D eigenvalue weighted by molar-refractivity contribution is 7.80. The molecule has 2 aromatic rings. The van der Waals surface area contributed by atoms with Gasteiger partial charge in [-0.3, -0.25) is 4.79 Å². The zero-order valence-electron chi connectivity index (χ0n) is 16.7. The van der Waals surface area contributed by atoms with Crippen LogP contribution in [0.15, 0.2) is 59.8 Å². The molecule has 29 heavy (non-hydrogen) atoms. The molecule has 6 nitrogen and oxygen atoms in total. The minimum absolute atomic E-state index is 0.160. The molecule has 0 unspecified atom stereocenters. The molecule has 0 saturated heterocycles. The maximum Gasteiger partial charge on any atom is 0.251 e. The largest absolute Gasteiger partial charge is 0.493 e. The molecule has 0 bridgehead atoms. The Morgan fingerprint density at radius 1 is 1.17 bits per heavy atom. The number of nitrogens with one attached hydrogen (secondary N) is 3. The van der Waals surface area contributed by atoms with Gasteiger partial charge in [0.25, 0.3) is 5.91 Å². The first-order chi connectivity index (χ1) is 14.0. The average Bonchev–Trinajstić information content (AvgIpc) is 2.72. The van der Waals surface area contributed by atoms with E-state index in [0.717, 1.165) is 16.8 Å². The standard InChI is InChI=1S/C22H25N3O3S/c1-4-28-18-12-16(10-11-17(18)27-3)20-19(14(2)24-22(29)25-20)21(26)23-13-15-8-6-5-7-9-15/h5-12,20H,4,13H2,1-3H3,(H,23,26)(H2,24,25,29)/t20-/m1/s1. The molecule has 0 aliphatic carbocycles. The van der Waals surface area contributed by atoms with Gasteiger partial charge in [-0.15, -0.1) is 0 Å². The molecular formula is C22H25N3O3S. The Bertz CT molecular complexity index is 928. The van der Waals surface area contributed by atoms with Gasteiger partial charge in [0.1, 0.15) is 0 Å². The summed E-state index contributed by atoms with van der Waals surface area (Å²) in [4.78, 5) is 13.1. The summed E-state index contributed by atoms with van der Waals surface area (Å²) in [5, 5.41) is 9.73. The fraction of sp³-hybridized carbons (Fsp3) is 0.273. The van der Waals surface area contributed by atoms with E-state index in [4.69, 9.17) is 21.7 Å². The first-order valence-corrected chi connectivity index (χ1v) is 9.85. The summed E-state index contributed by atoms with van der Waals surface area (Å²) in [6, 6.07) is 15.0. The van der Waals surface area contributed by atoms with Gasteiger partial charge in [-0.1, -0.05) is 36.4 Å². The number of ether oxygens (including phenoxy) is 2. The van der Waals surface area contributed by atoms with E-state index in [-0.39, 0.29) is 5.91 Å². The van der Waals surface area contributed by atoms with Crippen LogP contribution in [0.1, 0.15) is 31.0 Å². The predicted octanol–water partition coefficient (Wildman–Crippen LogP) is 3.20. The Kier molecular flexibility index (Phi) is 6.72. The Morgan fingerprint density at radius 2 is 1.93 bits per heavy atom. The van der Waals surface area contributed by atoms with E-state index in [9.17, 15) is 4.79 Å². The number of hydrogen-bond donors (Lipinski definition) is 3. The molecule has 1 aliphatic heterocycles. The molecule has 152 valence electrons. The van der Waals surface area contributed by atoms with Crippen LogP contribution in [0.2, 0.25) is 0 Å². The highest BCUT2D eigenvalue weighted by Crippen LogP contribution is 2.34. The summed E-state index contributed by atoms with van der Waals surface area (Å²) >= 11 is 5.33. The van der Waals surface area contributed by atoms with Crippen LogP contribution in [0, 0.1) is 0 Å². The molecule has 0 radical (unpaired) electrons. The van der Waals surface area contributed by atoms with Crippen LogP contribution < -0.4 is 25.4 Å². The summed E-state index contributed by atoms with van der Waals surface area (Å²) < 4.78 is 11.1. The van der Waals surface area contributed by atoms with Crippen LogP contribution in [0.3, 0.4) is 0 Å². The minimum atomic E-state index is -0.398. The Balaban J connectivity index is 1.89. The van der Waals surface area contributed by atoms with Crippen molar-refractivity contribution in [1.29, 1.82) is 0 Å². The Labute approximate surface area is 176 Å². The first kappa shape index (κ1) is 20.7. The van der Waals surface area contributed by atoms with Crippen LogP contribution in [0.4, 0.5) is 0 Å². The van der Waals surface area contributed by atoms with E-state index >= 15 is 0 Å². The maximum absolute atomic E-state index is 13.1. The van der Waals surface area contributed by atoms with Gasteiger partial charge >= 0.3 is 0 Å². The fourth-order valence-electron chi connectivity index (χ4n) is 3.26. The van der Waals surface area contributed by atoms with E-state index in [0.29, 0.717) is 35.3 Å². The number of hydrogen-bond acceptors (Lipinski definition) is 4. The molecule has 7 heteroatoms. The minimum Gasteiger partial charge on any atom is -0.493 e. The lowest BCUT2D eigenvalue weighted by atomic mass is 9.94. The molecule has 1 atom stereocenters. The van der Waals surface area contributed by atoms with E-state index in [1.807, 2.05) is 62.4 Å². The third kappa shape index (κ3) is 4.86. The molecular weight excluding hydrogens is 386 g/mol. The quantitative estimate of drug-likeness (QED) is 0.608. The van der Waals surface area contributed by atoms with Crippen molar-refractivity contribution in [3.8, 4) is 11.5 Å². The number of allylic oxidation sites excluding steroid dienone is 1. The number of methoxy groups -OCH3 is 1. The highest BCUT2D eigenvalue weighted by atomic mass is 32.1. The number of rotatable bonds is 7. The van der Waals surface area contributed by atoms with Gasteiger partial charge in [0.2, 0.25) is 0 Å². The molecule has 3 N–H and O–H groups in total. The number of carbonyl (C=O) groups is 1. The summed E-state index contributed by atoms with van der Waals surface area (Å²) in [6.45, 7) is 4.72. The third-order valence-electron chi connectivity index (χ3n) is 4.63. The van der Waals surface area contributed by atoms with Crippen molar-refractivity contribution in [2.24, 2.45) is 0 Å². The molecule has 0 saturated carbocycles. The molecule has 1 heterocycles. The number of thiocarbonyl (C=S) groups is 1. The lowest BCUT2D eigenvalue weighted by molar-refractivity contribution is -0.118. The van der Waals surface area contributed by atoms with Crippen LogP contribution in [0.5, 0.6) is 11.5 Å². The van der Waals surface area contributed by atoms with Gasteiger partial charge < -0.3 is 25.4 Å². The van der Waals surface area contributed by atoms with Crippen molar-refractivity contribution in [1.82, 2.24) is 16.0 Å². The topological polar surface area (TPSA) is 71.6 Å². The van der Waals surface area contributed by atoms with Crippen molar-refractivity contribution in [2.45, 2.75) is 26.4 Å². The van der Waals surface area contributed by atoms with Crippen LogP contribution in [-0.4, -0.2) is 24.7 Å². The van der Waals surface area contributed by atoms with E-state index in [1.165, 1.54) is 0 Å². The zero-order valence-corrected chi connectivity index (χ0v) is 17.6.